The quantitative estimate of drug-likeness (QED) is 0.800. The Labute approximate surface area is 94.2 Å². The molecule has 0 spiro atoms. The predicted octanol–water partition coefficient (Wildman–Crippen LogP) is 1.01. The molecule has 1 aliphatic heterocycles. The maximum Gasteiger partial charge on any atom is 0.124 e. The van der Waals surface area contributed by atoms with E-state index in [1.165, 1.54) is 12.1 Å². The van der Waals surface area contributed by atoms with Gasteiger partial charge in [-0.3, -0.25) is 0 Å². The molecular formula is C10H14ClFN2O. The average Bonchev–Trinajstić information content (AvgIpc) is 2.14. The van der Waals surface area contributed by atoms with Crippen LogP contribution in [-0.2, 0) is 5.54 Å². The molecule has 0 amide bonds. The SMILES string of the molecule is COc1ccc(F)cc1C1(N)CNC1.Cl. The molecule has 0 unspecified atom stereocenters. The van der Waals surface area contributed by atoms with E-state index in [1.807, 2.05) is 0 Å². The van der Waals surface area contributed by atoms with Crippen molar-refractivity contribution in [3.63, 3.8) is 0 Å². The van der Waals surface area contributed by atoms with Crippen LogP contribution >= 0.6 is 12.4 Å². The van der Waals surface area contributed by atoms with E-state index in [-0.39, 0.29) is 18.2 Å². The molecule has 0 saturated carbocycles. The molecule has 3 nitrogen and oxygen atoms in total. The Balaban J connectivity index is 0.00000112. The fourth-order valence-corrected chi connectivity index (χ4v) is 1.65. The van der Waals surface area contributed by atoms with Crippen LogP contribution in [0.3, 0.4) is 0 Å². The van der Waals surface area contributed by atoms with Gasteiger partial charge >= 0.3 is 0 Å². The van der Waals surface area contributed by atoms with Crippen molar-refractivity contribution in [2.45, 2.75) is 5.54 Å². The highest BCUT2D eigenvalue weighted by atomic mass is 35.5. The Bertz CT molecular complexity index is 355. The van der Waals surface area contributed by atoms with Crippen molar-refractivity contribution in [3.8, 4) is 5.75 Å². The third-order valence-electron chi connectivity index (χ3n) is 2.58. The van der Waals surface area contributed by atoms with Gasteiger partial charge in [0.1, 0.15) is 11.6 Å². The van der Waals surface area contributed by atoms with E-state index in [4.69, 9.17) is 10.5 Å². The summed E-state index contributed by atoms with van der Waals surface area (Å²) in [5.41, 5.74) is 6.32. The highest BCUT2D eigenvalue weighted by Gasteiger charge is 2.36. The fourth-order valence-electron chi connectivity index (χ4n) is 1.65. The van der Waals surface area contributed by atoms with Gasteiger partial charge in [-0.1, -0.05) is 0 Å². The molecule has 0 atom stereocenters. The molecule has 15 heavy (non-hydrogen) atoms. The van der Waals surface area contributed by atoms with Gasteiger partial charge in [0.2, 0.25) is 0 Å². The molecule has 2 rings (SSSR count). The zero-order chi connectivity index (χ0) is 10.2. The van der Waals surface area contributed by atoms with Gasteiger partial charge in [-0.25, -0.2) is 4.39 Å². The van der Waals surface area contributed by atoms with E-state index < -0.39 is 5.54 Å². The molecule has 1 fully saturated rings. The lowest BCUT2D eigenvalue weighted by atomic mass is 9.85. The van der Waals surface area contributed by atoms with Crippen molar-refractivity contribution in [1.29, 1.82) is 0 Å². The summed E-state index contributed by atoms with van der Waals surface area (Å²) in [7, 11) is 1.56. The second-order valence-corrected chi connectivity index (χ2v) is 3.60. The minimum absolute atomic E-state index is 0. The van der Waals surface area contributed by atoms with E-state index in [0.29, 0.717) is 18.8 Å². The summed E-state index contributed by atoms with van der Waals surface area (Å²) in [6, 6.07) is 4.43. The number of benzene rings is 1. The van der Waals surface area contributed by atoms with Gasteiger partial charge in [0.25, 0.3) is 0 Å². The maximum atomic E-state index is 13.0. The second kappa shape index (κ2) is 4.35. The topological polar surface area (TPSA) is 47.3 Å². The standard InChI is InChI=1S/C10H13FN2O.ClH/c1-14-9-3-2-7(11)4-8(9)10(12)5-13-6-10;/h2-4,13H,5-6,12H2,1H3;1H. The zero-order valence-electron chi connectivity index (χ0n) is 8.42. The molecule has 0 aliphatic carbocycles. The van der Waals surface area contributed by atoms with Crippen LogP contribution in [0.25, 0.3) is 0 Å². The van der Waals surface area contributed by atoms with E-state index in [1.54, 1.807) is 13.2 Å². The van der Waals surface area contributed by atoms with E-state index in [2.05, 4.69) is 5.32 Å². The number of halogens is 2. The molecule has 0 radical (unpaired) electrons. The summed E-state index contributed by atoms with van der Waals surface area (Å²) in [5, 5.41) is 3.07. The monoisotopic (exact) mass is 232 g/mol. The van der Waals surface area contributed by atoms with E-state index in [9.17, 15) is 4.39 Å². The minimum Gasteiger partial charge on any atom is -0.496 e. The van der Waals surface area contributed by atoms with Gasteiger partial charge in [0.15, 0.2) is 0 Å². The number of rotatable bonds is 2. The third-order valence-corrected chi connectivity index (χ3v) is 2.58. The number of nitrogens with one attached hydrogen (secondary N) is 1. The van der Waals surface area contributed by atoms with Crippen LogP contribution in [0.5, 0.6) is 5.75 Å². The summed E-state index contributed by atoms with van der Waals surface area (Å²) in [6.45, 7) is 1.32. The van der Waals surface area contributed by atoms with Crippen molar-refractivity contribution < 1.29 is 9.13 Å². The Hall–Kier alpha value is -0.840. The largest absolute Gasteiger partial charge is 0.496 e. The summed E-state index contributed by atoms with van der Waals surface area (Å²) in [5.74, 6) is 0.368. The van der Waals surface area contributed by atoms with E-state index >= 15 is 0 Å². The van der Waals surface area contributed by atoms with Crippen LogP contribution in [0.1, 0.15) is 5.56 Å². The highest BCUT2D eigenvalue weighted by molar-refractivity contribution is 5.85. The molecule has 1 aliphatic rings. The molecule has 0 bridgehead atoms. The molecule has 3 N–H and O–H groups in total. The fraction of sp³-hybridized carbons (Fsp3) is 0.400. The van der Waals surface area contributed by atoms with Gasteiger partial charge in [0.05, 0.1) is 12.6 Å². The molecule has 1 saturated heterocycles. The Morgan fingerprint density at radius 2 is 2.13 bits per heavy atom. The first-order valence-electron chi connectivity index (χ1n) is 4.49. The molecule has 1 heterocycles. The number of hydrogen-bond donors (Lipinski definition) is 2. The molecule has 1 aromatic carbocycles. The van der Waals surface area contributed by atoms with Crippen LogP contribution < -0.4 is 15.8 Å². The third kappa shape index (κ3) is 2.07. The molecular weight excluding hydrogens is 219 g/mol. The lowest BCUT2D eigenvalue weighted by Gasteiger charge is -2.40. The van der Waals surface area contributed by atoms with Gasteiger partial charge in [0, 0.05) is 18.7 Å². The Kier molecular flexibility index (Phi) is 3.54. The maximum absolute atomic E-state index is 13.0. The van der Waals surface area contributed by atoms with Crippen LogP contribution in [0.15, 0.2) is 18.2 Å². The molecule has 84 valence electrons. The summed E-state index contributed by atoms with van der Waals surface area (Å²) in [4.78, 5) is 0. The predicted molar refractivity (Wildman–Crippen MR) is 58.9 cm³/mol. The average molecular weight is 233 g/mol. The first-order valence-corrected chi connectivity index (χ1v) is 4.49. The van der Waals surface area contributed by atoms with Crippen LogP contribution in [-0.4, -0.2) is 20.2 Å². The molecule has 5 heteroatoms. The van der Waals surface area contributed by atoms with Crippen LogP contribution in [0.4, 0.5) is 4.39 Å². The number of ether oxygens (including phenoxy) is 1. The summed E-state index contributed by atoms with van der Waals surface area (Å²) >= 11 is 0. The van der Waals surface area contributed by atoms with Gasteiger partial charge < -0.3 is 15.8 Å². The van der Waals surface area contributed by atoms with E-state index in [0.717, 1.165) is 5.56 Å². The second-order valence-electron chi connectivity index (χ2n) is 3.60. The number of hydrogen-bond acceptors (Lipinski definition) is 3. The summed E-state index contributed by atoms with van der Waals surface area (Å²) < 4.78 is 18.2. The number of methoxy groups -OCH3 is 1. The lowest BCUT2D eigenvalue weighted by Crippen LogP contribution is -2.62. The van der Waals surface area contributed by atoms with Crippen molar-refractivity contribution in [3.05, 3.63) is 29.6 Å². The molecule has 0 aromatic heterocycles. The van der Waals surface area contributed by atoms with Crippen LogP contribution in [0, 0.1) is 5.82 Å². The Morgan fingerprint density at radius 1 is 1.47 bits per heavy atom. The lowest BCUT2D eigenvalue weighted by molar-refractivity contribution is 0.273. The van der Waals surface area contributed by atoms with Crippen molar-refractivity contribution in [1.82, 2.24) is 5.32 Å². The Morgan fingerprint density at radius 3 is 2.60 bits per heavy atom. The van der Waals surface area contributed by atoms with Gasteiger partial charge in [-0.15, -0.1) is 12.4 Å². The first kappa shape index (κ1) is 12.2. The van der Waals surface area contributed by atoms with Crippen LogP contribution in [0.2, 0.25) is 0 Å². The number of nitrogens with two attached hydrogens (primary N) is 1. The van der Waals surface area contributed by atoms with Gasteiger partial charge in [-0.05, 0) is 18.2 Å². The molecule has 1 aromatic rings. The normalized spacial score (nSPS) is 17.5. The minimum atomic E-state index is -0.479. The highest BCUT2D eigenvalue weighted by Crippen LogP contribution is 2.31. The van der Waals surface area contributed by atoms with Crippen molar-refractivity contribution >= 4 is 12.4 Å². The smallest absolute Gasteiger partial charge is 0.124 e. The zero-order valence-corrected chi connectivity index (χ0v) is 9.23. The van der Waals surface area contributed by atoms with Gasteiger partial charge in [-0.2, -0.15) is 0 Å². The first-order chi connectivity index (χ1) is 6.65. The van der Waals surface area contributed by atoms with Crippen molar-refractivity contribution in [2.24, 2.45) is 5.73 Å². The van der Waals surface area contributed by atoms with Crippen molar-refractivity contribution in [2.75, 3.05) is 20.2 Å². The summed E-state index contributed by atoms with van der Waals surface area (Å²) in [6.07, 6.45) is 0.